The minimum Gasteiger partial charge on any atom is -0.383 e. The summed E-state index contributed by atoms with van der Waals surface area (Å²) in [5.74, 6) is 0.482. The van der Waals surface area contributed by atoms with E-state index in [9.17, 15) is 4.79 Å². The van der Waals surface area contributed by atoms with E-state index in [2.05, 4.69) is 20.8 Å². The third-order valence-electron chi connectivity index (χ3n) is 4.23. The van der Waals surface area contributed by atoms with E-state index in [1.165, 1.54) is 5.56 Å². The second-order valence-electron chi connectivity index (χ2n) is 6.60. The van der Waals surface area contributed by atoms with Gasteiger partial charge in [-0.3, -0.25) is 4.79 Å². The predicted molar refractivity (Wildman–Crippen MR) is 103 cm³/mol. The number of aryl methyl sites for hydroxylation is 2. The van der Waals surface area contributed by atoms with Gasteiger partial charge < -0.3 is 10.1 Å². The monoisotopic (exact) mass is 365 g/mol. The Kier molecular flexibility index (Phi) is 5.61. The van der Waals surface area contributed by atoms with Gasteiger partial charge in [-0.1, -0.05) is 29.8 Å². The van der Waals surface area contributed by atoms with Crippen LogP contribution in [0.4, 0.5) is 0 Å². The van der Waals surface area contributed by atoms with Crippen molar-refractivity contribution in [1.29, 1.82) is 0 Å². The number of carbonyl (C=O) groups is 1. The average molecular weight is 365 g/mol. The maximum absolute atomic E-state index is 12.7. The molecule has 3 aromatic rings. The van der Waals surface area contributed by atoms with Crippen LogP contribution < -0.4 is 5.32 Å². The number of tetrazole rings is 1. The molecule has 7 nitrogen and oxygen atoms in total. The first-order valence-corrected chi connectivity index (χ1v) is 8.75. The highest BCUT2D eigenvalue weighted by molar-refractivity contribution is 5.96. The van der Waals surface area contributed by atoms with Crippen LogP contribution in [-0.4, -0.2) is 45.9 Å². The normalized spacial score (nSPS) is 12.0. The second kappa shape index (κ2) is 8.09. The van der Waals surface area contributed by atoms with Crippen molar-refractivity contribution in [3.63, 3.8) is 0 Å². The molecule has 2 aromatic carbocycles. The number of nitrogens with one attached hydrogen (secondary N) is 1. The second-order valence-corrected chi connectivity index (χ2v) is 6.60. The lowest BCUT2D eigenvalue weighted by molar-refractivity contribution is 0.0905. The molecule has 0 fully saturated rings. The van der Waals surface area contributed by atoms with Crippen LogP contribution in [0.2, 0.25) is 0 Å². The number of rotatable bonds is 6. The summed E-state index contributed by atoms with van der Waals surface area (Å²) in [6, 6.07) is 13.7. The zero-order valence-electron chi connectivity index (χ0n) is 15.9. The highest BCUT2D eigenvalue weighted by Gasteiger charge is 2.15. The Labute approximate surface area is 158 Å². The maximum atomic E-state index is 12.7. The summed E-state index contributed by atoms with van der Waals surface area (Å²) in [6.07, 6.45) is 0. The van der Waals surface area contributed by atoms with E-state index in [0.29, 0.717) is 18.0 Å². The summed E-state index contributed by atoms with van der Waals surface area (Å²) in [4.78, 5) is 12.7. The van der Waals surface area contributed by atoms with Gasteiger partial charge in [0.2, 0.25) is 0 Å². The summed E-state index contributed by atoms with van der Waals surface area (Å²) in [5, 5.41) is 14.6. The average Bonchev–Trinajstić information content (AvgIpc) is 3.08. The lowest BCUT2D eigenvalue weighted by Crippen LogP contribution is -2.35. The number of nitrogens with zero attached hydrogens (tertiary/aromatic N) is 4. The number of amides is 1. The fraction of sp³-hybridized carbons (Fsp3) is 0.300. The smallest absolute Gasteiger partial charge is 0.251 e. The van der Waals surface area contributed by atoms with Crippen LogP contribution in [0.1, 0.15) is 28.7 Å². The van der Waals surface area contributed by atoms with Gasteiger partial charge in [-0.15, -0.1) is 5.10 Å². The third-order valence-corrected chi connectivity index (χ3v) is 4.23. The molecular formula is C20H23N5O2. The number of aromatic nitrogens is 4. The van der Waals surface area contributed by atoms with Crippen LogP contribution in [0.5, 0.6) is 0 Å². The number of benzene rings is 2. The SMILES string of the molecule is COC[C@H](C)NC(=O)c1cc(-c2ccc(C)cc2)cc(-n2nnnc2C)c1. The Morgan fingerprint density at radius 2 is 1.89 bits per heavy atom. The number of hydrogen-bond donors (Lipinski definition) is 1. The summed E-state index contributed by atoms with van der Waals surface area (Å²) in [7, 11) is 1.61. The quantitative estimate of drug-likeness (QED) is 0.726. The Balaban J connectivity index is 2.04. The van der Waals surface area contributed by atoms with Crippen LogP contribution in [0.25, 0.3) is 16.8 Å². The van der Waals surface area contributed by atoms with Crippen molar-refractivity contribution >= 4 is 5.91 Å². The highest BCUT2D eigenvalue weighted by Crippen LogP contribution is 2.25. The van der Waals surface area contributed by atoms with Crippen LogP contribution in [-0.2, 0) is 4.74 Å². The Morgan fingerprint density at radius 1 is 1.15 bits per heavy atom. The third kappa shape index (κ3) is 4.38. The van der Waals surface area contributed by atoms with Gasteiger partial charge in [0.05, 0.1) is 12.3 Å². The van der Waals surface area contributed by atoms with E-state index < -0.39 is 0 Å². The van der Waals surface area contributed by atoms with Crippen molar-refractivity contribution in [2.45, 2.75) is 26.8 Å². The predicted octanol–water partition coefficient (Wildman–Crippen LogP) is 2.71. The molecule has 0 saturated heterocycles. The summed E-state index contributed by atoms with van der Waals surface area (Å²) in [5.41, 5.74) is 4.40. The number of hydrogen-bond acceptors (Lipinski definition) is 5. The van der Waals surface area contributed by atoms with Gasteiger partial charge in [0, 0.05) is 18.7 Å². The highest BCUT2D eigenvalue weighted by atomic mass is 16.5. The fourth-order valence-corrected chi connectivity index (χ4v) is 2.85. The first kappa shape index (κ1) is 18.7. The van der Waals surface area contributed by atoms with Gasteiger partial charge in [0.25, 0.3) is 5.91 Å². The van der Waals surface area contributed by atoms with E-state index in [-0.39, 0.29) is 11.9 Å². The van der Waals surface area contributed by atoms with E-state index in [1.54, 1.807) is 17.9 Å². The summed E-state index contributed by atoms with van der Waals surface area (Å²) < 4.78 is 6.72. The van der Waals surface area contributed by atoms with Crippen molar-refractivity contribution in [3.8, 4) is 16.8 Å². The molecule has 27 heavy (non-hydrogen) atoms. The molecule has 0 unspecified atom stereocenters. The first-order valence-electron chi connectivity index (χ1n) is 8.75. The van der Waals surface area contributed by atoms with Gasteiger partial charge in [-0.25, -0.2) is 0 Å². The molecule has 1 heterocycles. The maximum Gasteiger partial charge on any atom is 0.251 e. The largest absolute Gasteiger partial charge is 0.383 e. The molecule has 1 amide bonds. The van der Waals surface area contributed by atoms with Crippen molar-refractivity contribution in [3.05, 3.63) is 59.4 Å². The molecular weight excluding hydrogens is 342 g/mol. The molecule has 0 aliphatic heterocycles. The fourth-order valence-electron chi connectivity index (χ4n) is 2.85. The van der Waals surface area contributed by atoms with Crippen LogP contribution in [0.15, 0.2) is 42.5 Å². The van der Waals surface area contributed by atoms with E-state index in [4.69, 9.17) is 4.74 Å². The van der Waals surface area contributed by atoms with Gasteiger partial charge >= 0.3 is 0 Å². The first-order chi connectivity index (χ1) is 13.0. The Morgan fingerprint density at radius 3 is 2.52 bits per heavy atom. The molecule has 0 saturated carbocycles. The minimum absolute atomic E-state index is 0.0937. The van der Waals surface area contributed by atoms with E-state index in [0.717, 1.165) is 16.8 Å². The van der Waals surface area contributed by atoms with Crippen LogP contribution >= 0.6 is 0 Å². The Hall–Kier alpha value is -3.06. The lowest BCUT2D eigenvalue weighted by Gasteiger charge is -2.15. The molecule has 0 spiro atoms. The molecule has 0 aliphatic rings. The molecule has 140 valence electrons. The van der Waals surface area contributed by atoms with Gasteiger partial charge in [-0.2, -0.15) is 4.68 Å². The molecule has 1 aromatic heterocycles. The zero-order valence-corrected chi connectivity index (χ0v) is 15.9. The number of methoxy groups -OCH3 is 1. The topological polar surface area (TPSA) is 81.9 Å². The number of ether oxygens (including phenoxy) is 1. The van der Waals surface area contributed by atoms with Crippen LogP contribution in [0, 0.1) is 13.8 Å². The molecule has 7 heteroatoms. The lowest BCUT2D eigenvalue weighted by atomic mass is 10.0. The van der Waals surface area contributed by atoms with Crippen molar-refractivity contribution in [2.75, 3.05) is 13.7 Å². The van der Waals surface area contributed by atoms with E-state index in [1.807, 2.05) is 57.2 Å². The molecule has 0 bridgehead atoms. The summed E-state index contributed by atoms with van der Waals surface area (Å²) >= 11 is 0. The van der Waals surface area contributed by atoms with Crippen molar-refractivity contribution in [1.82, 2.24) is 25.5 Å². The molecule has 0 radical (unpaired) electrons. The molecule has 1 atom stereocenters. The molecule has 3 rings (SSSR count). The zero-order chi connectivity index (χ0) is 19.4. The Bertz CT molecular complexity index is 934. The molecule has 1 N–H and O–H groups in total. The van der Waals surface area contributed by atoms with Crippen molar-refractivity contribution in [2.24, 2.45) is 0 Å². The standard InChI is InChI=1S/C20H23N5O2/c1-13-5-7-16(8-6-13)17-9-18(20(26)21-14(2)12-27-4)11-19(10-17)25-15(3)22-23-24-25/h5-11,14H,12H2,1-4H3,(H,21,26)/t14-/m0/s1. The van der Waals surface area contributed by atoms with Crippen molar-refractivity contribution < 1.29 is 9.53 Å². The number of carbonyl (C=O) groups excluding carboxylic acids is 1. The van der Waals surface area contributed by atoms with Gasteiger partial charge in [0.15, 0.2) is 5.82 Å². The van der Waals surface area contributed by atoms with E-state index >= 15 is 0 Å². The minimum atomic E-state index is -0.166. The van der Waals surface area contributed by atoms with Gasteiger partial charge in [-0.05, 0) is 60.5 Å². The summed E-state index contributed by atoms with van der Waals surface area (Å²) in [6.45, 7) is 6.21. The van der Waals surface area contributed by atoms with Gasteiger partial charge in [0.1, 0.15) is 0 Å². The molecule has 0 aliphatic carbocycles. The van der Waals surface area contributed by atoms with Crippen LogP contribution in [0.3, 0.4) is 0 Å².